The van der Waals surface area contributed by atoms with Gasteiger partial charge in [-0.25, -0.2) is 4.79 Å². The van der Waals surface area contributed by atoms with E-state index < -0.39 is 33.1 Å². The Balaban J connectivity index is 2.33. The summed E-state index contributed by atoms with van der Waals surface area (Å²) in [6.45, 7) is 15.7. The Morgan fingerprint density at radius 2 is 1.30 bits per heavy atom. The summed E-state index contributed by atoms with van der Waals surface area (Å²) >= 11 is 0. The van der Waals surface area contributed by atoms with Crippen molar-refractivity contribution in [2.45, 2.75) is 74.1 Å². The van der Waals surface area contributed by atoms with Crippen LogP contribution in [0, 0.1) is 37.3 Å². The molecule has 0 saturated heterocycles. The molecule has 0 aliphatic carbocycles. The molecule has 310 valence electrons. The second-order valence-electron chi connectivity index (χ2n) is 15.9. The number of ether oxygens (including phenoxy) is 1. The third-order valence-corrected chi connectivity index (χ3v) is 11.9. The Morgan fingerprint density at radius 1 is 0.807 bits per heavy atom. The smallest absolute Gasteiger partial charge is 0.433 e. The van der Waals surface area contributed by atoms with Gasteiger partial charge in [0.25, 0.3) is 20.2 Å². The third kappa shape index (κ3) is 13.3. The van der Waals surface area contributed by atoms with Crippen LogP contribution < -0.4 is 0 Å². The fourth-order valence-electron chi connectivity index (χ4n) is 7.32. The monoisotopic (exact) mass is 824 g/mol. The van der Waals surface area contributed by atoms with Crippen LogP contribution in [0.3, 0.4) is 0 Å². The summed E-state index contributed by atoms with van der Waals surface area (Å²) in [5.74, 6) is 12.6. The highest BCUT2D eigenvalue weighted by atomic mass is 32.2. The molecule has 0 saturated carbocycles. The Labute approximate surface area is 341 Å². The first kappa shape index (κ1) is 47.4. The predicted molar refractivity (Wildman–Crippen MR) is 230 cm³/mol. The summed E-state index contributed by atoms with van der Waals surface area (Å²) < 4.78 is 72.4. The molecule has 0 fully saturated rings. The van der Waals surface area contributed by atoms with Crippen molar-refractivity contribution in [1.82, 2.24) is 4.48 Å². The number of rotatable bonds is 17. The Hall–Kier alpha value is -3.96. The molecule has 0 amide bonds. The van der Waals surface area contributed by atoms with Gasteiger partial charge < -0.3 is 18.2 Å². The van der Waals surface area contributed by atoms with Gasteiger partial charge in [-0.15, -0.1) is 11.6 Å². The molecule has 0 atom stereocenters. The summed E-state index contributed by atoms with van der Waals surface area (Å²) in [4.78, 5) is 17.9. The normalized spacial score (nSPS) is 14.4. The molecule has 2 heterocycles. The van der Waals surface area contributed by atoms with E-state index in [0.717, 1.165) is 63.5 Å². The fraction of sp³-hybridized carbons (Fsp3) is 0.524. The summed E-state index contributed by atoms with van der Waals surface area (Å²) in [6, 6.07) is 7.41. The first-order valence-corrected chi connectivity index (χ1v) is 22.7. The van der Waals surface area contributed by atoms with Gasteiger partial charge in [-0.1, -0.05) is 37.8 Å². The lowest BCUT2D eigenvalue weighted by molar-refractivity contribution is -0.883. The fourth-order valence-corrected chi connectivity index (χ4v) is 8.30. The topological polar surface area (TPSA) is 152 Å². The predicted octanol–water partition coefficient (Wildman–Crippen LogP) is 5.44. The lowest BCUT2D eigenvalue weighted by atomic mass is 9.63. The Kier molecular flexibility index (Phi) is 16.4. The van der Waals surface area contributed by atoms with Crippen molar-refractivity contribution in [2.75, 3.05) is 72.5 Å². The van der Waals surface area contributed by atoms with Gasteiger partial charge in [-0.3, -0.25) is 14.1 Å². The lowest BCUT2D eigenvalue weighted by Crippen LogP contribution is -2.41. The maximum Gasteiger partial charge on any atom is 0.433 e. The molecule has 1 aromatic carbocycles. The number of benzene rings is 1. The maximum absolute atomic E-state index is 12.7. The van der Waals surface area contributed by atoms with Crippen molar-refractivity contribution in [1.29, 1.82) is 0 Å². The summed E-state index contributed by atoms with van der Waals surface area (Å²) in [5.41, 5.74) is 10.4. The van der Waals surface area contributed by atoms with Crippen LogP contribution in [0.25, 0.3) is 5.57 Å². The maximum atomic E-state index is 12.7. The van der Waals surface area contributed by atoms with Crippen molar-refractivity contribution < 1.29 is 44.4 Å². The average molecular weight is 825 g/mol. The average Bonchev–Trinajstić information content (AvgIpc) is 3.51. The number of nitrogens with zero attached hydrogens (tertiary/aromatic N) is 4. The van der Waals surface area contributed by atoms with Gasteiger partial charge in [0, 0.05) is 35.5 Å². The van der Waals surface area contributed by atoms with E-state index in [0.29, 0.717) is 40.7 Å². The van der Waals surface area contributed by atoms with Gasteiger partial charge in [0.1, 0.15) is 13.1 Å². The number of carbonyl (C=O) groups is 1. The molecule has 57 heavy (non-hydrogen) atoms. The zero-order chi connectivity index (χ0) is 42.9. The molecular formula is C42H61BN4O8S2+2. The minimum Gasteiger partial charge on any atom is -0.462 e. The standard InChI is InChI=1S/C42H59BN4O8S2/c1-12-37-31(4)40(44-33(37)6)39(35-19-21-36(22-20-35)42(48)55-14-3)41-32(5)38(13-2)34(7)45(41)43(23-15-25-46(8,9)27-17-29-56(49,50)51)24-16-26-47(10,11)28-18-30-57(52,53)54/h19-22H,12-14,17-18,25-30H2,1-11H3/p+2/b40-39-. The van der Waals surface area contributed by atoms with Crippen LogP contribution >= 0.6 is 0 Å². The molecule has 1 aliphatic heterocycles. The molecule has 1 aromatic heterocycles. The zero-order valence-corrected chi connectivity index (χ0v) is 37.2. The van der Waals surface area contributed by atoms with E-state index in [1.165, 1.54) is 5.57 Å². The highest BCUT2D eigenvalue weighted by molar-refractivity contribution is 7.86. The van der Waals surface area contributed by atoms with E-state index in [9.17, 15) is 30.7 Å². The first-order chi connectivity index (χ1) is 26.5. The van der Waals surface area contributed by atoms with Crippen molar-refractivity contribution >= 4 is 44.3 Å². The molecule has 2 N–H and O–H groups in total. The van der Waals surface area contributed by atoms with Crippen LogP contribution in [0.1, 0.15) is 92.3 Å². The molecule has 1 aliphatic rings. The van der Waals surface area contributed by atoms with Gasteiger partial charge in [-0.05, 0) is 87.4 Å². The van der Waals surface area contributed by atoms with Gasteiger partial charge in [-0.2, -0.15) is 16.8 Å². The van der Waals surface area contributed by atoms with Crippen molar-refractivity contribution in [2.24, 2.45) is 4.99 Å². The number of esters is 1. The van der Waals surface area contributed by atoms with Crippen LogP contribution in [0.5, 0.6) is 0 Å². The van der Waals surface area contributed by atoms with Crippen molar-refractivity contribution in [3.8, 4) is 23.5 Å². The van der Waals surface area contributed by atoms with E-state index in [-0.39, 0.29) is 31.0 Å². The van der Waals surface area contributed by atoms with E-state index in [4.69, 9.17) is 9.73 Å². The summed E-state index contributed by atoms with van der Waals surface area (Å²) in [5, 5.41) is 0. The molecule has 0 radical (unpaired) electrons. The minimum atomic E-state index is -4.08. The highest BCUT2D eigenvalue weighted by Crippen LogP contribution is 2.40. The van der Waals surface area contributed by atoms with Gasteiger partial charge in [0.05, 0.1) is 70.7 Å². The molecule has 0 unspecified atom stereocenters. The van der Waals surface area contributed by atoms with Crippen LogP contribution in [0.4, 0.5) is 0 Å². The lowest BCUT2D eigenvalue weighted by Gasteiger charge is -2.27. The number of aromatic nitrogens is 1. The first-order valence-electron chi connectivity index (χ1n) is 19.4. The number of allylic oxidation sites excluding steroid dienone is 2. The molecule has 0 spiro atoms. The van der Waals surface area contributed by atoms with Gasteiger partial charge >= 0.3 is 12.8 Å². The van der Waals surface area contributed by atoms with Crippen LogP contribution in [0.2, 0.25) is 0 Å². The van der Waals surface area contributed by atoms with E-state index in [1.807, 2.05) is 47.2 Å². The SMILES string of the molecule is CCOC(=O)c1ccc(/C(=C2/N=C(C)C(CC)=C2C)c2c(C)c(CC)c(C)n2B(C#CC[N+](C)(C)CCCS(=O)(=O)O)C#CC[N+](C)(C)CCCS(=O)(=O)O)cc1. The largest absolute Gasteiger partial charge is 0.462 e. The highest BCUT2D eigenvalue weighted by Gasteiger charge is 2.31. The van der Waals surface area contributed by atoms with Crippen LogP contribution in [0.15, 0.2) is 46.1 Å². The Morgan fingerprint density at radius 3 is 1.72 bits per heavy atom. The summed E-state index contributed by atoms with van der Waals surface area (Å²) in [7, 11) is -0.318. The molecule has 0 bridgehead atoms. The number of aliphatic imine (C=N–C) groups is 1. The quantitative estimate of drug-likeness (QED) is 0.0704. The number of hydrogen-bond acceptors (Lipinski definition) is 7. The summed E-state index contributed by atoms with van der Waals surface area (Å²) in [6.07, 6.45) is 2.12. The molecule has 3 rings (SSSR count). The van der Waals surface area contributed by atoms with E-state index >= 15 is 0 Å². The van der Waals surface area contributed by atoms with Crippen molar-refractivity contribution in [3.05, 3.63) is 74.8 Å². The number of quaternary nitrogens is 2. The molecule has 12 nitrogen and oxygen atoms in total. The van der Waals surface area contributed by atoms with E-state index in [1.54, 1.807) is 19.1 Å². The minimum absolute atomic E-state index is 0.268. The van der Waals surface area contributed by atoms with E-state index in [2.05, 4.69) is 62.6 Å². The van der Waals surface area contributed by atoms with Crippen molar-refractivity contribution in [3.63, 3.8) is 0 Å². The van der Waals surface area contributed by atoms with Crippen LogP contribution in [-0.4, -0.2) is 130 Å². The zero-order valence-electron chi connectivity index (χ0n) is 35.6. The molecular weight excluding hydrogens is 763 g/mol. The second kappa shape index (κ2) is 19.7. The molecule has 2 aromatic rings. The number of carbonyl (C=O) groups excluding carboxylic acids is 1. The van der Waals surface area contributed by atoms with Crippen LogP contribution in [-0.2, 0) is 31.4 Å². The molecule has 15 heteroatoms. The Bertz CT molecular complexity index is 2190. The second-order valence-corrected chi connectivity index (χ2v) is 19.0. The van der Waals surface area contributed by atoms with Gasteiger partial charge in [0.15, 0.2) is 0 Å². The van der Waals surface area contributed by atoms with Gasteiger partial charge in [0.2, 0.25) is 0 Å². The number of hydrogen-bond donors (Lipinski definition) is 2. The third-order valence-electron chi connectivity index (χ3n) is 10.3.